The third-order valence-electron chi connectivity index (χ3n) is 3.52. The number of nitrogens with one attached hydrogen (secondary N) is 1. The summed E-state index contributed by atoms with van der Waals surface area (Å²) in [5, 5.41) is 8.01. The van der Waals surface area contributed by atoms with E-state index in [1.807, 2.05) is 0 Å². The Bertz CT molecular complexity index is 342. The lowest BCUT2D eigenvalue weighted by molar-refractivity contribution is 0.199. The normalized spacial score (nSPS) is 16.8. The largest absolute Gasteiger partial charge is 0.383 e. The Balaban J connectivity index is 1.89. The summed E-state index contributed by atoms with van der Waals surface area (Å²) in [6.07, 6.45) is 7.50. The molecule has 0 atom stereocenters. The summed E-state index contributed by atoms with van der Waals surface area (Å²) in [5.41, 5.74) is 2.47. The molecule has 4 nitrogen and oxygen atoms in total. The van der Waals surface area contributed by atoms with Crippen LogP contribution in [-0.4, -0.2) is 30.0 Å². The van der Waals surface area contributed by atoms with Gasteiger partial charge in [0.1, 0.15) is 0 Å². The number of ether oxygens (including phenoxy) is 1. The number of methoxy groups -OCH3 is 1. The molecule has 1 aliphatic carbocycles. The third-order valence-corrected chi connectivity index (χ3v) is 3.52. The quantitative estimate of drug-likeness (QED) is 0.770. The minimum atomic E-state index is 0.640. The van der Waals surface area contributed by atoms with E-state index in [0.717, 1.165) is 25.4 Å². The summed E-state index contributed by atoms with van der Waals surface area (Å²) < 4.78 is 7.19. The van der Waals surface area contributed by atoms with Gasteiger partial charge in [-0.3, -0.25) is 4.68 Å². The fourth-order valence-corrected chi connectivity index (χ4v) is 2.45. The highest BCUT2D eigenvalue weighted by atomic mass is 16.5. The molecule has 1 aromatic rings. The van der Waals surface area contributed by atoms with Crippen molar-refractivity contribution in [3.05, 3.63) is 17.5 Å². The zero-order chi connectivity index (χ0) is 12.1. The summed E-state index contributed by atoms with van der Waals surface area (Å²) in [7, 11) is 1.73. The fourth-order valence-electron chi connectivity index (χ4n) is 2.45. The molecule has 1 aliphatic rings. The Morgan fingerprint density at radius 3 is 2.94 bits per heavy atom. The number of hydrogen-bond donors (Lipinski definition) is 1. The van der Waals surface area contributed by atoms with Crippen molar-refractivity contribution in [2.45, 2.75) is 45.2 Å². The van der Waals surface area contributed by atoms with Gasteiger partial charge in [-0.05, 0) is 19.8 Å². The lowest BCUT2D eigenvalue weighted by Gasteiger charge is -2.08. The van der Waals surface area contributed by atoms with Crippen LogP contribution < -0.4 is 5.32 Å². The molecule has 0 saturated heterocycles. The first-order valence-corrected chi connectivity index (χ1v) is 6.55. The number of hydrogen-bond acceptors (Lipinski definition) is 3. The van der Waals surface area contributed by atoms with Crippen molar-refractivity contribution in [1.82, 2.24) is 15.1 Å². The molecule has 1 saturated carbocycles. The summed E-state index contributed by atoms with van der Waals surface area (Å²) in [5.74, 6) is 0. The Morgan fingerprint density at radius 2 is 2.24 bits per heavy atom. The predicted molar refractivity (Wildman–Crippen MR) is 68.1 cm³/mol. The van der Waals surface area contributed by atoms with Crippen LogP contribution in [0.2, 0.25) is 0 Å². The van der Waals surface area contributed by atoms with Gasteiger partial charge >= 0.3 is 0 Å². The minimum absolute atomic E-state index is 0.640. The Hall–Kier alpha value is -0.870. The van der Waals surface area contributed by atoms with Gasteiger partial charge in [-0.25, -0.2) is 0 Å². The number of nitrogens with zero attached hydrogens (tertiary/aromatic N) is 2. The van der Waals surface area contributed by atoms with Crippen LogP contribution in [0, 0.1) is 6.92 Å². The lowest BCUT2D eigenvalue weighted by atomic mass is 10.2. The van der Waals surface area contributed by atoms with E-state index in [0.29, 0.717) is 6.04 Å². The molecule has 96 valence electrons. The third kappa shape index (κ3) is 3.30. The highest BCUT2D eigenvalue weighted by Gasteiger charge is 2.18. The standard InChI is InChI=1S/C13H23N3O/c1-11-12(9-14-7-8-17-2)10-16(15-11)13-5-3-4-6-13/h10,13-14H,3-9H2,1-2H3. The average molecular weight is 237 g/mol. The van der Waals surface area contributed by atoms with E-state index in [-0.39, 0.29) is 0 Å². The van der Waals surface area contributed by atoms with Crippen molar-refractivity contribution in [2.75, 3.05) is 20.3 Å². The van der Waals surface area contributed by atoms with Crippen molar-refractivity contribution in [1.29, 1.82) is 0 Å². The number of aromatic nitrogens is 2. The molecule has 17 heavy (non-hydrogen) atoms. The summed E-state index contributed by atoms with van der Waals surface area (Å²) >= 11 is 0. The van der Waals surface area contributed by atoms with Gasteiger partial charge in [0.2, 0.25) is 0 Å². The zero-order valence-corrected chi connectivity index (χ0v) is 10.9. The highest BCUT2D eigenvalue weighted by molar-refractivity contribution is 5.15. The molecule has 0 bridgehead atoms. The molecule has 0 spiro atoms. The van der Waals surface area contributed by atoms with Crippen LogP contribution in [0.4, 0.5) is 0 Å². The van der Waals surface area contributed by atoms with Crippen LogP contribution in [0.25, 0.3) is 0 Å². The zero-order valence-electron chi connectivity index (χ0n) is 10.9. The number of aryl methyl sites for hydroxylation is 1. The van der Waals surface area contributed by atoms with E-state index in [4.69, 9.17) is 4.74 Å². The average Bonchev–Trinajstić information content (AvgIpc) is 2.94. The summed E-state index contributed by atoms with van der Waals surface area (Å²) in [6.45, 7) is 4.64. The molecule has 1 aromatic heterocycles. The predicted octanol–water partition coefficient (Wildman–Crippen LogP) is 2.04. The highest BCUT2D eigenvalue weighted by Crippen LogP contribution is 2.29. The van der Waals surface area contributed by atoms with Gasteiger partial charge in [0.15, 0.2) is 0 Å². The van der Waals surface area contributed by atoms with Gasteiger partial charge in [-0.1, -0.05) is 12.8 Å². The Kier molecular flexibility index (Phi) is 4.57. The van der Waals surface area contributed by atoms with Crippen LogP contribution in [0.15, 0.2) is 6.20 Å². The van der Waals surface area contributed by atoms with E-state index in [1.54, 1.807) is 7.11 Å². The van der Waals surface area contributed by atoms with E-state index < -0.39 is 0 Å². The Labute approximate surface area is 103 Å². The molecule has 4 heteroatoms. The van der Waals surface area contributed by atoms with Crippen LogP contribution in [0.3, 0.4) is 0 Å². The van der Waals surface area contributed by atoms with Crippen molar-refractivity contribution in [2.24, 2.45) is 0 Å². The summed E-state index contributed by atoms with van der Waals surface area (Å²) in [4.78, 5) is 0. The maximum Gasteiger partial charge on any atom is 0.0638 e. The second-order valence-corrected chi connectivity index (χ2v) is 4.83. The molecular weight excluding hydrogens is 214 g/mol. The first-order valence-electron chi connectivity index (χ1n) is 6.55. The van der Waals surface area contributed by atoms with E-state index >= 15 is 0 Å². The van der Waals surface area contributed by atoms with Gasteiger partial charge < -0.3 is 10.1 Å². The van der Waals surface area contributed by atoms with Crippen LogP contribution >= 0.6 is 0 Å². The van der Waals surface area contributed by atoms with Crippen molar-refractivity contribution >= 4 is 0 Å². The lowest BCUT2D eigenvalue weighted by Crippen LogP contribution is -2.18. The second-order valence-electron chi connectivity index (χ2n) is 4.83. The van der Waals surface area contributed by atoms with Gasteiger partial charge in [0.25, 0.3) is 0 Å². The van der Waals surface area contributed by atoms with Crippen molar-refractivity contribution < 1.29 is 4.74 Å². The van der Waals surface area contributed by atoms with Crippen molar-refractivity contribution in [3.8, 4) is 0 Å². The van der Waals surface area contributed by atoms with Gasteiger partial charge in [-0.2, -0.15) is 5.10 Å². The summed E-state index contributed by atoms with van der Waals surface area (Å²) in [6, 6.07) is 0.640. The van der Waals surface area contributed by atoms with Crippen molar-refractivity contribution in [3.63, 3.8) is 0 Å². The molecule has 0 radical (unpaired) electrons. The van der Waals surface area contributed by atoms with Gasteiger partial charge in [0, 0.05) is 32.0 Å². The topological polar surface area (TPSA) is 39.1 Å². The van der Waals surface area contributed by atoms with E-state index in [1.165, 1.54) is 31.2 Å². The fraction of sp³-hybridized carbons (Fsp3) is 0.769. The monoisotopic (exact) mass is 237 g/mol. The van der Waals surface area contributed by atoms with E-state index in [2.05, 4.69) is 28.2 Å². The van der Waals surface area contributed by atoms with Gasteiger partial charge in [0.05, 0.1) is 18.3 Å². The molecule has 1 fully saturated rings. The maximum atomic E-state index is 5.01. The second kappa shape index (κ2) is 6.17. The molecule has 0 aliphatic heterocycles. The Morgan fingerprint density at radius 1 is 1.47 bits per heavy atom. The van der Waals surface area contributed by atoms with E-state index in [9.17, 15) is 0 Å². The number of rotatable bonds is 6. The van der Waals surface area contributed by atoms with Gasteiger partial charge in [-0.15, -0.1) is 0 Å². The molecule has 0 amide bonds. The molecular formula is C13H23N3O. The van der Waals surface area contributed by atoms with Crippen LogP contribution in [0.1, 0.15) is 43.0 Å². The SMILES string of the molecule is COCCNCc1cn(C2CCCC2)nc1C. The molecule has 1 heterocycles. The molecule has 0 aromatic carbocycles. The molecule has 0 unspecified atom stereocenters. The smallest absolute Gasteiger partial charge is 0.0638 e. The molecule has 1 N–H and O–H groups in total. The first kappa shape index (κ1) is 12.6. The van der Waals surface area contributed by atoms with Crippen LogP contribution in [-0.2, 0) is 11.3 Å². The minimum Gasteiger partial charge on any atom is -0.383 e. The van der Waals surface area contributed by atoms with Crippen LogP contribution in [0.5, 0.6) is 0 Å². The molecule has 2 rings (SSSR count). The maximum absolute atomic E-state index is 5.01. The first-order chi connectivity index (χ1) is 8.31.